The van der Waals surface area contributed by atoms with E-state index >= 15 is 0 Å². The number of aliphatic carboxylic acids is 1. The summed E-state index contributed by atoms with van der Waals surface area (Å²) in [6.07, 6.45) is -2.53. The monoisotopic (exact) mass is 378 g/mol. The molecule has 26 heavy (non-hydrogen) atoms. The van der Waals surface area contributed by atoms with Gasteiger partial charge in [0.25, 0.3) is 0 Å². The molecule has 0 unspecified atom stereocenters. The molecule has 138 valence electrons. The Kier molecular flexibility index (Phi) is 10.5. The summed E-state index contributed by atoms with van der Waals surface area (Å²) in [5, 5.41) is 45.7. The smallest absolute Gasteiger partial charge is 0.542 e. The van der Waals surface area contributed by atoms with Crippen molar-refractivity contribution in [3.05, 3.63) is 33.9 Å². The maximum Gasteiger partial charge on any atom is 1.00 e. The summed E-state index contributed by atoms with van der Waals surface area (Å²) in [7, 11) is 0. The van der Waals surface area contributed by atoms with Gasteiger partial charge in [0.1, 0.15) is 30.0 Å². The van der Waals surface area contributed by atoms with Crippen molar-refractivity contribution < 1.29 is 64.3 Å². The van der Waals surface area contributed by atoms with Crippen molar-refractivity contribution in [2.45, 2.75) is 44.2 Å². The molecular weight excluding hydrogens is 359 g/mol. The van der Waals surface area contributed by atoms with E-state index in [1.807, 2.05) is 0 Å². The SMILES string of the molecule is C/C=C(\C)C(=O)N[C@H]1[C@H]([C@H](O)[C@H](O)CO)OC(C(=O)[O-])=C[C@@H]1N=[N+]=[N-].[Na+]. The zero-order chi connectivity index (χ0) is 19.1. The van der Waals surface area contributed by atoms with Crippen molar-refractivity contribution in [3.63, 3.8) is 0 Å². The normalized spacial score (nSPS) is 24.7. The number of azide groups is 1. The van der Waals surface area contributed by atoms with Gasteiger partial charge in [0.2, 0.25) is 5.91 Å². The Labute approximate surface area is 171 Å². The molecule has 1 rings (SSSR count). The number of carboxylic acid groups (broad SMARTS) is 1. The van der Waals surface area contributed by atoms with Gasteiger partial charge in [-0.1, -0.05) is 11.2 Å². The quantitative estimate of drug-likeness (QED) is 0.112. The summed E-state index contributed by atoms with van der Waals surface area (Å²) < 4.78 is 5.10. The molecule has 0 saturated heterocycles. The van der Waals surface area contributed by atoms with Crippen molar-refractivity contribution in [1.29, 1.82) is 0 Å². The van der Waals surface area contributed by atoms with Gasteiger partial charge in [-0.3, -0.25) is 4.79 Å². The average Bonchev–Trinajstić information content (AvgIpc) is 2.60. The fourth-order valence-electron chi connectivity index (χ4n) is 2.17. The van der Waals surface area contributed by atoms with Crippen LogP contribution in [0.15, 0.2) is 28.6 Å². The number of ether oxygens (including phenoxy) is 1. The number of nitrogens with one attached hydrogen (secondary N) is 1. The van der Waals surface area contributed by atoms with Crippen LogP contribution in [0.1, 0.15) is 13.8 Å². The third-order valence-corrected chi connectivity index (χ3v) is 3.70. The van der Waals surface area contributed by atoms with E-state index in [-0.39, 0.29) is 29.6 Å². The number of carbonyl (C=O) groups excluding carboxylic acids is 2. The van der Waals surface area contributed by atoms with Gasteiger partial charge in [-0.05, 0) is 25.5 Å². The molecule has 11 nitrogen and oxygen atoms in total. The molecule has 0 aromatic carbocycles. The number of aliphatic hydroxyl groups is 3. The minimum atomic E-state index is -1.78. The molecule has 0 saturated carbocycles. The van der Waals surface area contributed by atoms with Crippen LogP contribution in [0.4, 0.5) is 0 Å². The second-order valence-corrected chi connectivity index (χ2v) is 5.31. The second kappa shape index (κ2) is 11.2. The van der Waals surface area contributed by atoms with Gasteiger partial charge >= 0.3 is 29.6 Å². The van der Waals surface area contributed by atoms with Crippen molar-refractivity contribution in [2.75, 3.05) is 6.61 Å². The van der Waals surface area contributed by atoms with E-state index in [1.165, 1.54) is 13.0 Å². The number of carbonyl (C=O) groups is 2. The van der Waals surface area contributed by atoms with E-state index in [4.69, 9.17) is 15.4 Å². The first kappa shape index (κ1) is 24.4. The number of hydrogen-bond acceptors (Lipinski definition) is 8. The van der Waals surface area contributed by atoms with Crippen molar-refractivity contribution in [2.24, 2.45) is 5.11 Å². The summed E-state index contributed by atoms with van der Waals surface area (Å²) in [4.78, 5) is 25.8. The van der Waals surface area contributed by atoms with Crippen molar-refractivity contribution in [1.82, 2.24) is 5.32 Å². The molecule has 0 bridgehead atoms. The van der Waals surface area contributed by atoms with Gasteiger partial charge in [-0.25, -0.2) is 0 Å². The van der Waals surface area contributed by atoms with Gasteiger partial charge in [-0.15, -0.1) is 0 Å². The Bertz CT molecular complexity index is 633. The first-order valence-electron chi connectivity index (χ1n) is 7.31. The number of carboxylic acids is 1. The summed E-state index contributed by atoms with van der Waals surface area (Å²) in [5.74, 6) is -3.03. The average molecular weight is 378 g/mol. The third kappa shape index (κ3) is 5.99. The minimum Gasteiger partial charge on any atom is -0.542 e. The van der Waals surface area contributed by atoms with Crippen LogP contribution in [0.3, 0.4) is 0 Å². The number of aliphatic hydroxyl groups excluding tert-OH is 3. The maximum absolute atomic E-state index is 12.1. The molecule has 1 amide bonds. The van der Waals surface area contributed by atoms with Crippen LogP contribution < -0.4 is 40.0 Å². The predicted octanol–water partition coefficient (Wildman–Crippen LogP) is -5.13. The fraction of sp³-hybridized carbons (Fsp3) is 0.571. The van der Waals surface area contributed by atoms with Crippen molar-refractivity contribution >= 4 is 11.9 Å². The zero-order valence-electron chi connectivity index (χ0n) is 14.6. The molecule has 0 spiro atoms. The topological polar surface area (TPSA) is 188 Å². The molecule has 0 aromatic heterocycles. The predicted molar refractivity (Wildman–Crippen MR) is 81.4 cm³/mol. The molecule has 12 heteroatoms. The minimum absolute atomic E-state index is 0. The molecule has 0 aliphatic carbocycles. The maximum atomic E-state index is 12.1. The molecular formula is C14H19N4NaO7. The van der Waals surface area contributed by atoms with E-state index in [2.05, 4.69) is 15.3 Å². The Morgan fingerprint density at radius 3 is 2.62 bits per heavy atom. The molecule has 4 N–H and O–H groups in total. The Balaban J connectivity index is 0.00000625. The van der Waals surface area contributed by atoms with Gasteiger partial charge in [-0.2, -0.15) is 0 Å². The van der Waals surface area contributed by atoms with Gasteiger partial charge < -0.3 is 35.3 Å². The molecule has 1 heterocycles. The Morgan fingerprint density at radius 2 is 2.15 bits per heavy atom. The molecule has 1 aliphatic rings. The van der Waals surface area contributed by atoms with E-state index in [0.717, 1.165) is 6.08 Å². The molecule has 1 aliphatic heterocycles. The summed E-state index contributed by atoms with van der Waals surface area (Å²) in [6, 6.07) is -2.43. The van der Waals surface area contributed by atoms with Crippen LogP contribution in [-0.2, 0) is 14.3 Å². The van der Waals surface area contributed by atoms with Crippen LogP contribution in [0.2, 0.25) is 0 Å². The number of amides is 1. The second-order valence-electron chi connectivity index (χ2n) is 5.31. The Morgan fingerprint density at radius 1 is 1.54 bits per heavy atom. The van der Waals surface area contributed by atoms with Crippen LogP contribution in [0, 0.1) is 0 Å². The van der Waals surface area contributed by atoms with Gasteiger partial charge in [0.05, 0.1) is 18.7 Å². The standard InChI is InChI=1S/C14H20N4O7.Na/c1-3-6(2)13(22)16-10-7(17-18-15)4-9(14(23)24)25-12(10)11(21)8(20)5-19;/h3-4,7-8,10-12,19-21H,5H2,1-2H3,(H,16,22)(H,23,24);/q;+1/p-1/b6-3+;/t7-,8+,10+,11+,12+;/m0./s1. The van der Waals surface area contributed by atoms with E-state index in [0.29, 0.717) is 5.57 Å². The van der Waals surface area contributed by atoms with Gasteiger partial charge in [0, 0.05) is 10.5 Å². The fourth-order valence-corrected chi connectivity index (χ4v) is 2.17. The van der Waals surface area contributed by atoms with E-state index in [1.54, 1.807) is 6.92 Å². The van der Waals surface area contributed by atoms with Crippen LogP contribution in [0.5, 0.6) is 0 Å². The largest absolute Gasteiger partial charge is 1.00 e. The number of hydrogen-bond donors (Lipinski definition) is 4. The van der Waals surface area contributed by atoms with Crippen LogP contribution >= 0.6 is 0 Å². The first-order chi connectivity index (χ1) is 11.8. The molecule has 5 atom stereocenters. The molecule has 0 aromatic rings. The van der Waals surface area contributed by atoms with Gasteiger partial charge in [0.15, 0.2) is 0 Å². The molecule has 0 fully saturated rings. The number of rotatable bonds is 7. The van der Waals surface area contributed by atoms with E-state index < -0.39 is 54.6 Å². The summed E-state index contributed by atoms with van der Waals surface area (Å²) in [5.41, 5.74) is 8.99. The first-order valence-corrected chi connectivity index (χ1v) is 7.31. The zero-order valence-corrected chi connectivity index (χ0v) is 16.6. The van der Waals surface area contributed by atoms with E-state index in [9.17, 15) is 24.9 Å². The Hall–Kier alpha value is -1.59. The summed E-state index contributed by atoms with van der Waals surface area (Å²) >= 11 is 0. The summed E-state index contributed by atoms with van der Waals surface area (Å²) in [6.45, 7) is 2.29. The number of allylic oxidation sites excluding steroid dienone is 1. The van der Waals surface area contributed by atoms with Crippen LogP contribution in [-0.4, -0.2) is 64.2 Å². The van der Waals surface area contributed by atoms with Crippen LogP contribution in [0.25, 0.3) is 10.4 Å². The molecule has 0 radical (unpaired) electrons. The van der Waals surface area contributed by atoms with Crippen molar-refractivity contribution in [3.8, 4) is 0 Å². The number of nitrogens with zero attached hydrogens (tertiary/aromatic N) is 3. The third-order valence-electron chi connectivity index (χ3n) is 3.70.